The van der Waals surface area contributed by atoms with Gasteiger partial charge in [-0.05, 0) is 43.0 Å². The van der Waals surface area contributed by atoms with E-state index in [0.29, 0.717) is 6.54 Å². The van der Waals surface area contributed by atoms with Crippen molar-refractivity contribution >= 4 is 9.84 Å². The van der Waals surface area contributed by atoms with Crippen LogP contribution >= 0.6 is 0 Å². The SMILES string of the molecule is CC(CN1CCCC1O)CS(=O)(=O)c1ccc(O)cc1. The average molecular weight is 299 g/mol. The highest BCUT2D eigenvalue weighted by Gasteiger charge is 2.26. The maximum Gasteiger partial charge on any atom is 0.178 e. The third-order valence-corrected chi connectivity index (χ3v) is 5.57. The van der Waals surface area contributed by atoms with E-state index in [0.717, 1.165) is 19.4 Å². The van der Waals surface area contributed by atoms with Crippen molar-refractivity contribution in [1.82, 2.24) is 4.90 Å². The fourth-order valence-electron chi connectivity index (χ4n) is 2.60. The van der Waals surface area contributed by atoms with E-state index in [2.05, 4.69) is 0 Å². The van der Waals surface area contributed by atoms with Crippen molar-refractivity contribution in [1.29, 1.82) is 0 Å². The summed E-state index contributed by atoms with van der Waals surface area (Å²) in [6, 6.07) is 5.59. The van der Waals surface area contributed by atoms with Crippen LogP contribution in [0.2, 0.25) is 0 Å². The van der Waals surface area contributed by atoms with Crippen molar-refractivity contribution < 1.29 is 18.6 Å². The smallest absolute Gasteiger partial charge is 0.178 e. The molecule has 1 aromatic rings. The molecular formula is C14H21NO4S. The lowest BCUT2D eigenvalue weighted by molar-refractivity contribution is 0.0311. The number of aliphatic hydroxyl groups is 1. The number of aromatic hydroxyl groups is 1. The van der Waals surface area contributed by atoms with Crippen molar-refractivity contribution in [3.05, 3.63) is 24.3 Å². The van der Waals surface area contributed by atoms with Crippen LogP contribution < -0.4 is 0 Å². The van der Waals surface area contributed by atoms with Gasteiger partial charge >= 0.3 is 0 Å². The minimum absolute atomic E-state index is 0.0427. The molecule has 0 bridgehead atoms. The Bertz CT molecular complexity index is 541. The average Bonchev–Trinajstić information content (AvgIpc) is 2.74. The van der Waals surface area contributed by atoms with Crippen LogP contribution in [0.15, 0.2) is 29.2 Å². The summed E-state index contributed by atoms with van der Waals surface area (Å²) in [5.74, 6) is 0.0415. The summed E-state index contributed by atoms with van der Waals surface area (Å²) < 4.78 is 24.5. The summed E-state index contributed by atoms with van der Waals surface area (Å²) in [7, 11) is -3.35. The molecule has 1 fully saturated rings. The second-order valence-electron chi connectivity index (χ2n) is 5.50. The number of rotatable bonds is 5. The molecule has 0 radical (unpaired) electrons. The van der Waals surface area contributed by atoms with Crippen molar-refractivity contribution in [2.24, 2.45) is 5.92 Å². The fourth-order valence-corrected chi connectivity index (χ4v) is 4.20. The maximum absolute atomic E-state index is 12.2. The molecule has 2 unspecified atom stereocenters. The quantitative estimate of drug-likeness (QED) is 0.854. The van der Waals surface area contributed by atoms with E-state index in [1.165, 1.54) is 24.3 Å². The van der Waals surface area contributed by atoms with E-state index in [9.17, 15) is 18.6 Å². The molecule has 2 N–H and O–H groups in total. The Balaban J connectivity index is 1.99. The van der Waals surface area contributed by atoms with Gasteiger partial charge < -0.3 is 10.2 Å². The molecule has 0 aromatic heterocycles. The summed E-state index contributed by atoms with van der Waals surface area (Å²) in [5.41, 5.74) is 0. The van der Waals surface area contributed by atoms with Crippen molar-refractivity contribution in [3.8, 4) is 5.75 Å². The van der Waals surface area contributed by atoms with Gasteiger partial charge in [0.2, 0.25) is 0 Å². The van der Waals surface area contributed by atoms with Crippen LogP contribution in [0, 0.1) is 5.92 Å². The number of benzene rings is 1. The molecule has 0 aliphatic carbocycles. The van der Waals surface area contributed by atoms with E-state index in [-0.39, 0.29) is 22.3 Å². The van der Waals surface area contributed by atoms with Gasteiger partial charge in [-0.25, -0.2) is 8.42 Å². The zero-order chi connectivity index (χ0) is 14.8. The van der Waals surface area contributed by atoms with Crippen LogP contribution in [0.25, 0.3) is 0 Å². The molecule has 1 heterocycles. The largest absolute Gasteiger partial charge is 0.508 e. The third-order valence-electron chi connectivity index (χ3n) is 3.58. The molecule has 2 rings (SSSR count). The number of aliphatic hydroxyl groups excluding tert-OH is 1. The highest BCUT2D eigenvalue weighted by atomic mass is 32.2. The summed E-state index contributed by atoms with van der Waals surface area (Å²) in [4.78, 5) is 2.15. The summed E-state index contributed by atoms with van der Waals surface area (Å²) in [6.07, 6.45) is 1.28. The number of sulfone groups is 1. The molecule has 0 saturated carbocycles. The summed E-state index contributed by atoms with van der Waals surface area (Å²) >= 11 is 0. The Morgan fingerprint density at radius 1 is 1.35 bits per heavy atom. The van der Waals surface area contributed by atoms with Crippen molar-refractivity contribution in [2.75, 3.05) is 18.8 Å². The first-order valence-corrected chi connectivity index (χ1v) is 8.47. The Morgan fingerprint density at radius 3 is 2.55 bits per heavy atom. The lowest BCUT2D eigenvalue weighted by Crippen LogP contribution is -2.35. The highest BCUT2D eigenvalue weighted by Crippen LogP contribution is 2.20. The topological polar surface area (TPSA) is 77.8 Å². The molecule has 5 nitrogen and oxygen atoms in total. The zero-order valence-corrected chi connectivity index (χ0v) is 12.4. The van der Waals surface area contributed by atoms with Crippen LogP contribution in [0.3, 0.4) is 0 Å². The number of likely N-dealkylation sites (tertiary alicyclic amines) is 1. The predicted octanol–water partition coefficient (Wildman–Crippen LogP) is 1.22. The van der Waals surface area contributed by atoms with E-state index < -0.39 is 16.1 Å². The standard InChI is InChI=1S/C14H21NO4S/c1-11(9-15-8-2-3-14(15)17)10-20(18,19)13-6-4-12(16)5-7-13/h4-7,11,14,16-17H,2-3,8-10H2,1H3. The van der Waals surface area contributed by atoms with E-state index in [1.807, 2.05) is 11.8 Å². The number of phenolic OH excluding ortho intramolecular Hbond substituents is 1. The first-order chi connectivity index (χ1) is 9.38. The van der Waals surface area contributed by atoms with Crippen LogP contribution in [0.5, 0.6) is 5.75 Å². The van der Waals surface area contributed by atoms with Crippen LogP contribution in [-0.2, 0) is 9.84 Å². The molecule has 0 amide bonds. The maximum atomic E-state index is 12.2. The minimum Gasteiger partial charge on any atom is -0.508 e. The highest BCUT2D eigenvalue weighted by molar-refractivity contribution is 7.91. The number of phenols is 1. The lowest BCUT2D eigenvalue weighted by Gasteiger charge is -2.23. The summed E-state index contributed by atoms with van der Waals surface area (Å²) in [5, 5.41) is 18.9. The van der Waals surface area contributed by atoms with Crippen LogP contribution in [0.1, 0.15) is 19.8 Å². The van der Waals surface area contributed by atoms with Crippen molar-refractivity contribution in [3.63, 3.8) is 0 Å². The normalized spacial score (nSPS) is 22.0. The van der Waals surface area contributed by atoms with Crippen LogP contribution in [0.4, 0.5) is 0 Å². The Morgan fingerprint density at radius 2 is 2.00 bits per heavy atom. The third kappa shape index (κ3) is 3.71. The molecular weight excluding hydrogens is 278 g/mol. The summed E-state index contributed by atoms with van der Waals surface area (Å²) in [6.45, 7) is 3.28. The second-order valence-corrected chi connectivity index (χ2v) is 7.53. The number of hydrogen-bond donors (Lipinski definition) is 2. The molecule has 6 heteroatoms. The molecule has 0 spiro atoms. The molecule has 112 valence electrons. The lowest BCUT2D eigenvalue weighted by atomic mass is 10.2. The van der Waals surface area contributed by atoms with E-state index in [4.69, 9.17) is 0 Å². The zero-order valence-electron chi connectivity index (χ0n) is 11.6. The van der Waals surface area contributed by atoms with Gasteiger partial charge in [0, 0.05) is 13.1 Å². The minimum atomic E-state index is -3.35. The van der Waals surface area contributed by atoms with Gasteiger partial charge in [0.05, 0.1) is 10.6 Å². The number of hydrogen-bond acceptors (Lipinski definition) is 5. The second kappa shape index (κ2) is 6.11. The van der Waals surface area contributed by atoms with Gasteiger partial charge in [-0.2, -0.15) is 0 Å². The number of nitrogens with zero attached hydrogens (tertiary/aromatic N) is 1. The first-order valence-electron chi connectivity index (χ1n) is 6.82. The predicted molar refractivity (Wildman–Crippen MR) is 76.1 cm³/mol. The Labute approximate surface area is 119 Å². The van der Waals surface area contributed by atoms with E-state index >= 15 is 0 Å². The van der Waals surface area contributed by atoms with Crippen molar-refractivity contribution in [2.45, 2.75) is 30.9 Å². The van der Waals surface area contributed by atoms with Gasteiger partial charge in [-0.15, -0.1) is 0 Å². The first kappa shape index (κ1) is 15.3. The van der Waals surface area contributed by atoms with Gasteiger partial charge in [0.25, 0.3) is 0 Å². The molecule has 2 atom stereocenters. The van der Waals surface area contributed by atoms with Gasteiger partial charge in [0.15, 0.2) is 9.84 Å². The monoisotopic (exact) mass is 299 g/mol. The fraction of sp³-hybridized carbons (Fsp3) is 0.571. The molecule has 1 saturated heterocycles. The van der Waals surface area contributed by atoms with E-state index in [1.54, 1.807) is 0 Å². The van der Waals surface area contributed by atoms with Gasteiger partial charge in [-0.3, -0.25) is 4.90 Å². The molecule has 1 aromatic carbocycles. The van der Waals surface area contributed by atoms with Gasteiger partial charge in [0.1, 0.15) is 12.0 Å². The molecule has 1 aliphatic heterocycles. The van der Waals surface area contributed by atoms with Gasteiger partial charge in [-0.1, -0.05) is 6.92 Å². The molecule has 20 heavy (non-hydrogen) atoms. The van der Waals surface area contributed by atoms with Crippen LogP contribution in [-0.4, -0.2) is 48.6 Å². The Hall–Kier alpha value is -1.11. The Kier molecular flexibility index (Phi) is 4.67. The molecule has 1 aliphatic rings.